The summed E-state index contributed by atoms with van der Waals surface area (Å²) in [7, 11) is 0. The van der Waals surface area contributed by atoms with Crippen LogP contribution < -0.4 is 4.90 Å². The second-order valence-electron chi connectivity index (χ2n) is 6.86. The standard InChI is InChI=1S/C23H23N3S/c24-12-5-8-20-18-21-22(9-4-10-23(21)27-20)26-16-14-25(15-17-26)13-11-19-6-2-1-3-7-19/h1-10,18H,11,13-17H2/b8-5+. The van der Waals surface area contributed by atoms with E-state index in [4.69, 9.17) is 5.26 Å². The molecule has 0 amide bonds. The van der Waals surface area contributed by atoms with Crippen LogP contribution in [0, 0.1) is 11.3 Å². The highest BCUT2D eigenvalue weighted by atomic mass is 32.1. The van der Waals surface area contributed by atoms with Gasteiger partial charge in [-0.15, -0.1) is 11.3 Å². The molecule has 0 N–H and O–H groups in total. The average Bonchev–Trinajstić information content (AvgIpc) is 3.15. The third-order valence-electron chi connectivity index (χ3n) is 5.15. The molecule has 0 spiro atoms. The molecule has 3 aromatic rings. The molecule has 1 fully saturated rings. The molecule has 0 saturated carbocycles. The van der Waals surface area contributed by atoms with Gasteiger partial charge in [-0.1, -0.05) is 36.4 Å². The Morgan fingerprint density at radius 1 is 1.00 bits per heavy atom. The van der Waals surface area contributed by atoms with Crippen LogP contribution in [0.1, 0.15) is 10.4 Å². The molecule has 1 aliphatic rings. The first-order valence-electron chi connectivity index (χ1n) is 9.43. The molecule has 2 heterocycles. The normalized spacial score (nSPS) is 15.4. The molecule has 3 nitrogen and oxygen atoms in total. The summed E-state index contributed by atoms with van der Waals surface area (Å²) in [5, 5.41) is 10.1. The zero-order valence-corrected chi connectivity index (χ0v) is 16.2. The number of nitriles is 1. The Hall–Kier alpha value is -2.61. The molecule has 4 heteroatoms. The van der Waals surface area contributed by atoms with Crippen LogP contribution in [0.3, 0.4) is 0 Å². The number of hydrogen-bond donors (Lipinski definition) is 0. The smallest absolute Gasteiger partial charge is 0.0912 e. The predicted molar refractivity (Wildman–Crippen MR) is 115 cm³/mol. The molecule has 136 valence electrons. The monoisotopic (exact) mass is 373 g/mol. The van der Waals surface area contributed by atoms with Gasteiger partial charge < -0.3 is 4.90 Å². The van der Waals surface area contributed by atoms with Crippen LogP contribution in [-0.2, 0) is 6.42 Å². The van der Waals surface area contributed by atoms with Crippen molar-refractivity contribution >= 4 is 33.2 Å². The van der Waals surface area contributed by atoms with Gasteiger partial charge in [-0.05, 0) is 36.3 Å². The van der Waals surface area contributed by atoms with Crippen molar-refractivity contribution in [2.75, 3.05) is 37.6 Å². The van der Waals surface area contributed by atoms with Gasteiger partial charge in [0.2, 0.25) is 0 Å². The van der Waals surface area contributed by atoms with Gasteiger partial charge in [-0.3, -0.25) is 4.90 Å². The SMILES string of the molecule is N#C/C=C/c1cc2c(N3CCN(CCc4ccccc4)CC3)cccc2s1. The van der Waals surface area contributed by atoms with E-state index in [1.165, 1.54) is 21.3 Å². The zero-order valence-electron chi connectivity index (χ0n) is 15.3. The molecule has 2 aromatic carbocycles. The fraction of sp³-hybridized carbons (Fsp3) is 0.261. The number of fused-ring (bicyclic) bond motifs is 1. The Balaban J connectivity index is 1.41. The van der Waals surface area contributed by atoms with E-state index in [0.717, 1.165) is 44.0 Å². The van der Waals surface area contributed by atoms with Gasteiger partial charge in [0.05, 0.1) is 6.07 Å². The highest BCUT2D eigenvalue weighted by molar-refractivity contribution is 7.19. The van der Waals surface area contributed by atoms with E-state index in [1.807, 2.05) is 6.08 Å². The lowest BCUT2D eigenvalue weighted by atomic mass is 10.1. The molecule has 1 saturated heterocycles. The van der Waals surface area contributed by atoms with Crippen molar-refractivity contribution in [2.24, 2.45) is 0 Å². The van der Waals surface area contributed by atoms with Crippen molar-refractivity contribution in [2.45, 2.75) is 6.42 Å². The van der Waals surface area contributed by atoms with Crippen molar-refractivity contribution in [3.8, 4) is 6.07 Å². The number of piperazine rings is 1. The number of allylic oxidation sites excluding steroid dienone is 1. The molecule has 0 radical (unpaired) electrons. The number of rotatable bonds is 5. The molecule has 4 rings (SSSR count). The Morgan fingerprint density at radius 2 is 1.81 bits per heavy atom. The van der Waals surface area contributed by atoms with Crippen molar-refractivity contribution < 1.29 is 0 Å². The van der Waals surface area contributed by atoms with Crippen LogP contribution in [0.25, 0.3) is 16.2 Å². The number of hydrogen-bond acceptors (Lipinski definition) is 4. The largest absolute Gasteiger partial charge is 0.368 e. The third-order valence-corrected chi connectivity index (χ3v) is 6.22. The minimum Gasteiger partial charge on any atom is -0.368 e. The lowest BCUT2D eigenvalue weighted by molar-refractivity contribution is 0.261. The molecule has 0 unspecified atom stereocenters. The summed E-state index contributed by atoms with van der Waals surface area (Å²) in [6.45, 7) is 5.47. The molecule has 1 aliphatic heterocycles. The summed E-state index contributed by atoms with van der Waals surface area (Å²) < 4.78 is 1.29. The van der Waals surface area contributed by atoms with Crippen molar-refractivity contribution in [1.82, 2.24) is 4.90 Å². The minimum atomic E-state index is 1.06. The Labute approximate surface area is 164 Å². The van der Waals surface area contributed by atoms with E-state index in [0.29, 0.717) is 0 Å². The number of nitrogens with zero attached hydrogens (tertiary/aromatic N) is 3. The highest BCUT2D eigenvalue weighted by Gasteiger charge is 2.19. The summed E-state index contributed by atoms with van der Waals surface area (Å²) in [6, 6.07) is 21.6. The fourth-order valence-electron chi connectivity index (χ4n) is 3.69. The molecule has 0 bridgehead atoms. The van der Waals surface area contributed by atoms with E-state index in [9.17, 15) is 0 Å². The molecule has 0 atom stereocenters. The lowest BCUT2D eigenvalue weighted by Crippen LogP contribution is -2.47. The third kappa shape index (κ3) is 4.21. The lowest BCUT2D eigenvalue weighted by Gasteiger charge is -2.36. The van der Waals surface area contributed by atoms with Gasteiger partial charge in [0.1, 0.15) is 0 Å². The van der Waals surface area contributed by atoms with Crippen LogP contribution in [-0.4, -0.2) is 37.6 Å². The van der Waals surface area contributed by atoms with E-state index in [2.05, 4.69) is 70.5 Å². The van der Waals surface area contributed by atoms with Gasteiger partial charge in [0.15, 0.2) is 0 Å². The van der Waals surface area contributed by atoms with Crippen molar-refractivity contribution in [3.05, 3.63) is 71.1 Å². The maximum Gasteiger partial charge on any atom is 0.0912 e. The summed E-state index contributed by atoms with van der Waals surface area (Å²) in [4.78, 5) is 6.21. The van der Waals surface area contributed by atoms with E-state index >= 15 is 0 Å². The molecular formula is C23H23N3S. The number of benzene rings is 2. The maximum absolute atomic E-state index is 8.76. The predicted octanol–water partition coefficient (Wildman–Crippen LogP) is 4.80. The highest BCUT2D eigenvalue weighted by Crippen LogP contribution is 2.34. The van der Waals surface area contributed by atoms with Gasteiger partial charge in [0.25, 0.3) is 0 Å². The van der Waals surface area contributed by atoms with Crippen LogP contribution in [0.5, 0.6) is 0 Å². The van der Waals surface area contributed by atoms with Crippen molar-refractivity contribution in [1.29, 1.82) is 5.26 Å². The summed E-state index contributed by atoms with van der Waals surface area (Å²) in [5.74, 6) is 0. The molecule has 1 aromatic heterocycles. The van der Waals surface area contributed by atoms with E-state index in [1.54, 1.807) is 17.4 Å². The van der Waals surface area contributed by atoms with Crippen LogP contribution in [0.2, 0.25) is 0 Å². The Morgan fingerprint density at radius 3 is 2.59 bits per heavy atom. The van der Waals surface area contributed by atoms with Crippen LogP contribution >= 0.6 is 11.3 Å². The topological polar surface area (TPSA) is 30.3 Å². The summed E-state index contributed by atoms with van der Waals surface area (Å²) in [6.07, 6.45) is 4.57. The van der Waals surface area contributed by atoms with Crippen molar-refractivity contribution in [3.63, 3.8) is 0 Å². The fourth-order valence-corrected chi connectivity index (χ4v) is 4.67. The molecule has 0 aliphatic carbocycles. The Bertz CT molecular complexity index is 960. The van der Waals surface area contributed by atoms with Crippen LogP contribution in [0.4, 0.5) is 5.69 Å². The second kappa shape index (κ2) is 8.39. The van der Waals surface area contributed by atoms with Crippen LogP contribution in [0.15, 0.2) is 60.7 Å². The maximum atomic E-state index is 8.76. The van der Waals surface area contributed by atoms with E-state index in [-0.39, 0.29) is 0 Å². The average molecular weight is 374 g/mol. The second-order valence-corrected chi connectivity index (χ2v) is 7.98. The molecule has 27 heavy (non-hydrogen) atoms. The summed E-state index contributed by atoms with van der Waals surface area (Å²) >= 11 is 1.75. The van der Waals surface area contributed by atoms with Gasteiger partial charge in [-0.25, -0.2) is 0 Å². The first kappa shape index (κ1) is 17.8. The first-order valence-corrected chi connectivity index (χ1v) is 10.2. The van der Waals surface area contributed by atoms with Gasteiger partial charge in [-0.2, -0.15) is 5.26 Å². The Kier molecular flexibility index (Phi) is 5.53. The van der Waals surface area contributed by atoms with Gasteiger partial charge in [0, 0.05) is 59.5 Å². The molecular weight excluding hydrogens is 350 g/mol. The quantitative estimate of drug-likeness (QED) is 0.602. The summed E-state index contributed by atoms with van der Waals surface area (Å²) in [5.41, 5.74) is 2.74. The number of anilines is 1. The number of thiophene rings is 1. The minimum absolute atomic E-state index is 1.06. The zero-order chi connectivity index (χ0) is 18.5. The van der Waals surface area contributed by atoms with Gasteiger partial charge >= 0.3 is 0 Å². The van der Waals surface area contributed by atoms with E-state index < -0.39 is 0 Å². The first-order chi connectivity index (χ1) is 13.3.